The normalized spacial score (nSPS) is 20.0. The van der Waals surface area contributed by atoms with Gasteiger partial charge in [0.05, 0.1) is 24.9 Å². The van der Waals surface area contributed by atoms with Gasteiger partial charge in [-0.15, -0.1) is 0 Å². The van der Waals surface area contributed by atoms with E-state index in [0.717, 1.165) is 25.7 Å². The Bertz CT molecular complexity index is 502. The molecule has 1 fully saturated rings. The van der Waals surface area contributed by atoms with Gasteiger partial charge in [-0.2, -0.15) is 0 Å². The fraction of sp³-hybridized carbons (Fsp3) is 0.706. The molecule has 7 heteroatoms. The first-order valence-corrected chi connectivity index (χ1v) is 8.65. The lowest BCUT2D eigenvalue weighted by Crippen LogP contribution is -2.31. The Kier molecular flexibility index (Phi) is 9.26. The van der Waals surface area contributed by atoms with E-state index in [1.807, 2.05) is 13.8 Å². The van der Waals surface area contributed by atoms with Crippen LogP contribution in [0.1, 0.15) is 52.0 Å². The van der Waals surface area contributed by atoms with Gasteiger partial charge in [0.25, 0.3) is 0 Å². The number of anilines is 2. The molecule has 1 aliphatic carbocycles. The van der Waals surface area contributed by atoms with Crippen molar-refractivity contribution in [2.45, 2.75) is 58.6 Å². The summed E-state index contributed by atoms with van der Waals surface area (Å²) in [6.45, 7) is 6.99. The van der Waals surface area contributed by atoms with Gasteiger partial charge in [-0.1, -0.05) is 13.8 Å². The largest absolute Gasteiger partial charge is 0.383 e. The third kappa shape index (κ3) is 6.05. The first kappa shape index (κ1) is 20.3. The van der Waals surface area contributed by atoms with E-state index in [1.165, 1.54) is 6.33 Å². The number of ether oxygens (including phenoxy) is 2. The summed E-state index contributed by atoms with van der Waals surface area (Å²) >= 11 is 0. The summed E-state index contributed by atoms with van der Waals surface area (Å²) in [7, 11) is 1.68. The van der Waals surface area contributed by atoms with Gasteiger partial charge in [0.2, 0.25) is 0 Å². The lowest BCUT2D eigenvalue weighted by Gasteiger charge is -2.30. The molecule has 0 unspecified atom stereocenters. The summed E-state index contributed by atoms with van der Waals surface area (Å²) in [5.74, 6) is 1.00. The molecule has 1 heterocycles. The minimum absolute atomic E-state index is 0.313. The Balaban J connectivity index is 0.00000139. The molecule has 2 rings (SSSR count). The molecule has 1 aromatic rings. The molecule has 0 bridgehead atoms. The highest BCUT2D eigenvalue weighted by atomic mass is 16.5. The third-order valence-corrected chi connectivity index (χ3v) is 3.91. The number of hydrogen-bond acceptors (Lipinski definition) is 7. The van der Waals surface area contributed by atoms with Crippen LogP contribution in [0.15, 0.2) is 6.33 Å². The fourth-order valence-electron chi connectivity index (χ4n) is 2.74. The molecule has 1 saturated carbocycles. The zero-order valence-electron chi connectivity index (χ0n) is 15.3. The van der Waals surface area contributed by atoms with Gasteiger partial charge in [-0.25, -0.2) is 9.97 Å². The van der Waals surface area contributed by atoms with Gasteiger partial charge in [-0.05, 0) is 32.6 Å². The second-order valence-electron chi connectivity index (χ2n) is 5.59. The first-order chi connectivity index (χ1) is 11.6. The molecular weight excluding hydrogens is 306 g/mol. The van der Waals surface area contributed by atoms with E-state index in [4.69, 9.17) is 20.6 Å². The van der Waals surface area contributed by atoms with E-state index in [0.29, 0.717) is 48.3 Å². The average Bonchev–Trinajstić information content (AvgIpc) is 2.58. The minimum atomic E-state index is 0.313. The molecule has 1 aromatic heterocycles. The maximum atomic E-state index is 7.83. The molecule has 136 valence electrons. The minimum Gasteiger partial charge on any atom is -0.383 e. The summed E-state index contributed by atoms with van der Waals surface area (Å²) < 4.78 is 10.8. The summed E-state index contributed by atoms with van der Waals surface area (Å²) in [5.41, 5.74) is 6.82. The van der Waals surface area contributed by atoms with E-state index in [-0.39, 0.29) is 0 Å². The van der Waals surface area contributed by atoms with E-state index in [1.54, 1.807) is 14.0 Å². The molecule has 0 radical (unpaired) electrons. The predicted octanol–water partition coefficient (Wildman–Crippen LogP) is 2.86. The highest BCUT2D eigenvalue weighted by molar-refractivity contribution is 6.04. The van der Waals surface area contributed by atoms with E-state index < -0.39 is 0 Å². The van der Waals surface area contributed by atoms with Crippen LogP contribution < -0.4 is 11.1 Å². The van der Waals surface area contributed by atoms with Gasteiger partial charge in [0.1, 0.15) is 18.0 Å². The number of nitrogens with one attached hydrogen (secondary N) is 2. The van der Waals surface area contributed by atoms with Crippen LogP contribution in [0, 0.1) is 5.41 Å². The molecule has 0 saturated heterocycles. The van der Waals surface area contributed by atoms with Crippen LogP contribution in [0.5, 0.6) is 0 Å². The van der Waals surface area contributed by atoms with Crippen molar-refractivity contribution < 1.29 is 9.47 Å². The van der Waals surface area contributed by atoms with Crippen molar-refractivity contribution in [2.75, 3.05) is 31.4 Å². The molecule has 4 N–H and O–H groups in total. The van der Waals surface area contributed by atoms with Crippen molar-refractivity contribution in [3.63, 3.8) is 0 Å². The second kappa shape index (κ2) is 10.9. The van der Waals surface area contributed by atoms with Crippen molar-refractivity contribution in [2.24, 2.45) is 0 Å². The quantitative estimate of drug-likeness (QED) is 0.522. The maximum Gasteiger partial charge on any atom is 0.140 e. The Morgan fingerprint density at radius 3 is 2.50 bits per heavy atom. The van der Waals surface area contributed by atoms with E-state index in [2.05, 4.69) is 15.3 Å². The van der Waals surface area contributed by atoms with Gasteiger partial charge in [0, 0.05) is 18.9 Å². The average molecular weight is 337 g/mol. The monoisotopic (exact) mass is 337 g/mol. The lowest BCUT2D eigenvalue weighted by atomic mass is 9.92. The number of rotatable bonds is 7. The standard InChI is InChI=1S/C15H25N5O2.C2H6/c1-10(16)13-14(17)18-9-19-15(13)20-11-3-5-12(6-4-11)22-8-7-21-2;1-2/h9,11-12,16H,3-8H2,1-2H3,(H3,17,18,19,20);1-2H3. The fourth-order valence-corrected chi connectivity index (χ4v) is 2.74. The molecule has 0 aliphatic heterocycles. The molecule has 1 aliphatic rings. The number of nitrogens with two attached hydrogens (primary N) is 1. The van der Waals surface area contributed by atoms with Gasteiger partial charge < -0.3 is 25.9 Å². The molecule has 0 amide bonds. The zero-order valence-corrected chi connectivity index (χ0v) is 15.3. The van der Waals surface area contributed by atoms with Gasteiger partial charge >= 0.3 is 0 Å². The maximum absolute atomic E-state index is 7.83. The third-order valence-electron chi connectivity index (χ3n) is 3.91. The van der Waals surface area contributed by atoms with Crippen molar-refractivity contribution in [1.82, 2.24) is 9.97 Å². The molecular formula is C17H31N5O2. The van der Waals surface area contributed by atoms with Gasteiger partial charge in [0.15, 0.2) is 0 Å². The summed E-state index contributed by atoms with van der Waals surface area (Å²) in [6, 6.07) is 0.328. The lowest BCUT2D eigenvalue weighted by molar-refractivity contribution is -0.00156. The summed E-state index contributed by atoms with van der Waals surface area (Å²) in [5, 5.41) is 11.2. The smallest absolute Gasteiger partial charge is 0.140 e. The Hall–Kier alpha value is -1.73. The topological polar surface area (TPSA) is 106 Å². The highest BCUT2D eigenvalue weighted by Crippen LogP contribution is 2.26. The van der Waals surface area contributed by atoms with Crippen molar-refractivity contribution >= 4 is 17.3 Å². The Labute approximate surface area is 144 Å². The molecule has 0 aromatic carbocycles. The second-order valence-corrected chi connectivity index (χ2v) is 5.59. The van der Waals surface area contributed by atoms with Crippen LogP contribution in [0.4, 0.5) is 11.6 Å². The number of nitrogen functional groups attached to an aromatic ring is 1. The van der Waals surface area contributed by atoms with Gasteiger partial charge in [-0.3, -0.25) is 0 Å². The van der Waals surface area contributed by atoms with E-state index in [9.17, 15) is 0 Å². The van der Waals surface area contributed by atoms with Crippen LogP contribution in [0.3, 0.4) is 0 Å². The summed E-state index contributed by atoms with van der Waals surface area (Å²) in [4.78, 5) is 8.21. The SMILES string of the molecule is CC.COCCOC1CCC(Nc2ncnc(N)c2C(C)=N)CC1. The first-order valence-electron chi connectivity index (χ1n) is 8.65. The van der Waals surface area contributed by atoms with Crippen LogP contribution in [0.25, 0.3) is 0 Å². The molecule has 0 atom stereocenters. The zero-order chi connectivity index (χ0) is 17.9. The summed E-state index contributed by atoms with van der Waals surface area (Å²) in [6.07, 6.45) is 5.80. The molecule has 7 nitrogen and oxygen atoms in total. The number of methoxy groups -OCH3 is 1. The Morgan fingerprint density at radius 1 is 1.25 bits per heavy atom. The van der Waals surface area contributed by atoms with Crippen LogP contribution in [-0.2, 0) is 9.47 Å². The van der Waals surface area contributed by atoms with Crippen molar-refractivity contribution in [1.29, 1.82) is 5.41 Å². The predicted molar refractivity (Wildman–Crippen MR) is 97.8 cm³/mol. The molecule has 0 spiro atoms. The number of nitrogens with zero attached hydrogens (tertiary/aromatic N) is 2. The van der Waals surface area contributed by atoms with Crippen LogP contribution >= 0.6 is 0 Å². The van der Waals surface area contributed by atoms with E-state index >= 15 is 0 Å². The number of hydrogen-bond donors (Lipinski definition) is 3. The molecule has 24 heavy (non-hydrogen) atoms. The Morgan fingerprint density at radius 2 is 1.92 bits per heavy atom. The van der Waals surface area contributed by atoms with Crippen molar-refractivity contribution in [3.05, 3.63) is 11.9 Å². The number of aromatic nitrogens is 2. The van der Waals surface area contributed by atoms with Crippen LogP contribution in [0.2, 0.25) is 0 Å². The highest BCUT2D eigenvalue weighted by Gasteiger charge is 2.23. The van der Waals surface area contributed by atoms with Crippen molar-refractivity contribution in [3.8, 4) is 0 Å². The van der Waals surface area contributed by atoms with Crippen LogP contribution in [-0.4, -0.2) is 48.1 Å².